The van der Waals surface area contributed by atoms with Crippen molar-refractivity contribution in [3.05, 3.63) is 67.1 Å². The zero-order valence-corrected chi connectivity index (χ0v) is 13.9. The summed E-state index contributed by atoms with van der Waals surface area (Å²) in [6.45, 7) is 0.835. The van der Waals surface area contributed by atoms with Crippen molar-refractivity contribution in [3.8, 4) is 5.75 Å². The van der Waals surface area contributed by atoms with Gasteiger partial charge >= 0.3 is 6.03 Å². The summed E-state index contributed by atoms with van der Waals surface area (Å²) in [5.41, 5.74) is 2.38. The molecule has 0 saturated carbocycles. The van der Waals surface area contributed by atoms with Crippen LogP contribution in [-0.4, -0.2) is 29.2 Å². The van der Waals surface area contributed by atoms with Gasteiger partial charge in [0.25, 0.3) is 0 Å². The van der Waals surface area contributed by atoms with Crippen molar-refractivity contribution in [1.82, 2.24) is 9.97 Å². The zero-order chi connectivity index (χ0) is 17.8. The molecule has 1 aliphatic rings. The molecule has 0 unspecified atom stereocenters. The lowest BCUT2D eigenvalue weighted by molar-refractivity contribution is 0.249. The first-order chi connectivity index (χ1) is 12.8. The number of fused-ring (bicyclic) bond motifs is 1. The Morgan fingerprint density at radius 2 is 1.88 bits per heavy atom. The van der Waals surface area contributed by atoms with Gasteiger partial charge in [-0.1, -0.05) is 18.2 Å². The summed E-state index contributed by atoms with van der Waals surface area (Å²) in [6, 6.07) is 14.9. The highest BCUT2D eigenvalue weighted by Gasteiger charge is 2.25. The SMILES string of the molecule is O=C(Nc1cccnc1)N1CCOc2cc(Nc3ccccc3)cnc21. The van der Waals surface area contributed by atoms with Gasteiger partial charge in [0.2, 0.25) is 0 Å². The van der Waals surface area contributed by atoms with E-state index < -0.39 is 0 Å². The molecule has 3 aromatic rings. The van der Waals surface area contributed by atoms with Crippen LogP contribution in [0.5, 0.6) is 5.75 Å². The summed E-state index contributed by atoms with van der Waals surface area (Å²) in [5.74, 6) is 1.06. The Bertz CT molecular complexity index is 902. The lowest BCUT2D eigenvalue weighted by Gasteiger charge is -2.28. The van der Waals surface area contributed by atoms with Crippen molar-refractivity contribution in [3.63, 3.8) is 0 Å². The molecule has 0 atom stereocenters. The zero-order valence-electron chi connectivity index (χ0n) is 13.9. The second-order valence-corrected chi connectivity index (χ2v) is 5.71. The third-order valence-electron chi connectivity index (χ3n) is 3.88. The van der Waals surface area contributed by atoms with E-state index in [4.69, 9.17) is 4.74 Å². The Hall–Kier alpha value is -3.61. The van der Waals surface area contributed by atoms with Crippen molar-refractivity contribution < 1.29 is 9.53 Å². The number of hydrogen-bond donors (Lipinski definition) is 2. The summed E-state index contributed by atoms with van der Waals surface area (Å²) in [5, 5.41) is 6.09. The van der Waals surface area contributed by atoms with Crippen molar-refractivity contribution in [2.75, 3.05) is 28.7 Å². The van der Waals surface area contributed by atoms with Gasteiger partial charge in [-0.05, 0) is 24.3 Å². The van der Waals surface area contributed by atoms with E-state index in [9.17, 15) is 4.79 Å². The van der Waals surface area contributed by atoms with E-state index in [0.717, 1.165) is 11.4 Å². The van der Waals surface area contributed by atoms with Gasteiger partial charge in [0.15, 0.2) is 11.6 Å². The van der Waals surface area contributed by atoms with E-state index in [-0.39, 0.29) is 6.03 Å². The number of aromatic nitrogens is 2. The second kappa shape index (κ2) is 7.10. The summed E-state index contributed by atoms with van der Waals surface area (Å²) in [7, 11) is 0. The molecule has 0 aliphatic carbocycles. The average Bonchev–Trinajstić information content (AvgIpc) is 2.69. The minimum absolute atomic E-state index is 0.265. The van der Waals surface area contributed by atoms with Crippen LogP contribution in [-0.2, 0) is 0 Å². The molecule has 7 nitrogen and oxygen atoms in total. The average molecular weight is 347 g/mol. The van der Waals surface area contributed by atoms with Crippen LogP contribution in [0.2, 0.25) is 0 Å². The minimum atomic E-state index is -0.265. The summed E-state index contributed by atoms with van der Waals surface area (Å²) >= 11 is 0. The van der Waals surface area contributed by atoms with Gasteiger partial charge in [-0.2, -0.15) is 0 Å². The molecule has 0 saturated heterocycles. The molecule has 0 spiro atoms. The Balaban J connectivity index is 1.53. The number of ether oxygens (including phenoxy) is 1. The first-order valence-electron chi connectivity index (χ1n) is 8.23. The highest BCUT2D eigenvalue weighted by molar-refractivity contribution is 6.02. The number of carbonyl (C=O) groups excluding carboxylic acids is 1. The first-order valence-corrected chi connectivity index (χ1v) is 8.23. The van der Waals surface area contributed by atoms with E-state index >= 15 is 0 Å². The Morgan fingerprint density at radius 1 is 1.04 bits per heavy atom. The molecular weight excluding hydrogens is 330 g/mol. The lowest BCUT2D eigenvalue weighted by Crippen LogP contribution is -2.41. The van der Waals surface area contributed by atoms with Crippen molar-refractivity contribution in [1.29, 1.82) is 0 Å². The maximum absolute atomic E-state index is 12.6. The molecule has 4 rings (SSSR count). The highest BCUT2D eigenvalue weighted by atomic mass is 16.5. The predicted octanol–water partition coefficient (Wildman–Crippen LogP) is 3.65. The maximum Gasteiger partial charge on any atom is 0.327 e. The van der Waals surface area contributed by atoms with Crippen molar-refractivity contribution in [2.24, 2.45) is 0 Å². The molecule has 2 amide bonds. The fraction of sp³-hybridized carbons (Fsp3) is 0.105. The monoisotopic (exact) mass is 347 g/mol. The number of urea groups is 1. The first kappa shape index (κ1) is 15.9. The molecule has 3 heterocycles. The maximum atomic E-state index is 12.6. The topological polar surface area (TPSA) is 79.4 Å². The molecule has 0 radical (unpaired) electrons. The van der Waals surface area contributed by atoms with Gasteiger partial charge < -0.3 is 15.4 Å². The van der Waals surface area contributed by atoms with Gasteiger partial charge in [0.1, 0.15) is 6.61 Å². The number of nitrogens with zero attached hydrogens (tertiary/aromatic N) is 3. The van der Waals surface area contributed by atoms with Crippen molar-refractivity contribution >= 4 is 28.9 Å². The van der Waals surface area contributed by atoms with E-state index in [1.807, 2.05) is 36.4 Å². The summed E-state index contributed by atoms with van der Waals surface area (Å²) < 4.78 is 5.70. The molecule has 1 aromatic carbocycles. The van der Waals surface area contributed by atoms with Crippen LogP contribution in [0.1, 0.15) is 0 Å². The normalized spacial score (nSPS) is 12.7. The number of anilines is 4. The molecule has 2 N–H and O–H groups in total. The van der Waals surface area contributed by atoms with Gasteiger partial charge in [0, 0.05) is 18.0 Å². The largest absolute Gasteiger partial charge is 0.488 e. The molecular formula is C19H17N5O2. The van der Waals surface area contributed by atoms with Gasteiger partial charge in [0.05, 0.1) is 30.3 Å². The third kappa shape index (κ3) is 3.41. The fourth-order valence-corrected chi connectivity index (χ4v) is 2.68. The van der Waals surface area contributed by atoms with E-state index in [2.05, 4.69) is 20.6 Å². The fourth-order valence-electron chi connectivity index (χ4n) is 2.68. The number of carbonyl (C=O) groups is 1. The Labute approximate surface area is 150 Å². The molecule has 0 fully saturated rings. The van der Waals surface area contributed by atoms with Gasteiger partial charge in [-0.3, -0.25) is 9.88 Å². The minimum Gasteiger partial charge on any atom is -0.488 e. The quantitative estimate of drug-likeness (QED) is 0.756. The number of amides is 2. The van der Waals surface area contributed by atoms with Gasteiger partial charge in [-0.15, -0.1) is 0 Å². The molecule has 2 aromatic heterocycles. The van der Waals surface area contributed by atoms with Gasteiger partial charge in [-0.25, -0.2) is 9.78 Å². The number of hydrogen-bond acceptors (Lipinski definition) is 5. The third-order valence-corrected chi connectivity index (χ3v) is 3.88. The Morgan fingerprint density at radius 3 is 2.69 bits per heavy atom. The molecule has 26 heavy (non-hydrogen) atoms. The van der Waals surface area contributed by atoms with Crippen LogP contribution in [0.25, 0.3) is 0 Å². The number of pyridine rings is 2. The molecule has 130 valence electrons. The molecule has 7 heteroatoms. The van der Waals surface area contributed by atoms with Crippen LogP contribution < -0.4 is 20.3 Å². The second-order valence-electron chi connectivity index (χ2n) is 5.71. The van der Waals surface area contributed by atoms with Crippen LogP contribution in [0.15, 0.2) is 67.1 Å². The number of benzene rings is 1. The van der Waals surface area contributed by atoms with E-state index in [0.29, 0.717) is 30.4 Å². The van der Waals surface area contributed by atoms with E-state index in [1.54, 1.807) is 35.6 Å². The molecule has 1 aliphatic heterocycles. The Kier molecular flexibility index (Phi) is 4.34. The molecule has 0 bridgehead atoms. The lowest BCUT2D eigenvalue weighted by atomic mass is 10.3. The van der Waals surface area contributed by atoms with E-state index in [1.165, 1.54) is 0 Å². The standard InChI is InChI=1S/C19H17N5O2/c25-19(23-15-7-4-8-20-12-15)24-9-10-26-17-11-16(13-21-18(17)24)22-14-5-2-1-3-6-14/h1-8,11-13,22H,9-10H2,(H,23,25). The summed E-state index contributed by atoms with van der Waals surface area (Å²) in [6.07, 6.45) is 4.94. The van der Waals surface area contributed by atoms with Crippen LogP contribution in [0, 0.1) is 0 Å². The smallest absolute Gasteiger partial charge is 0.327 e. The number of para-hydroxylation sites is 1. The highest BCUT2D eigenvalue weighted by Crippen LogP contribution is 2.32. The number of rotatable bonds is 3. The van der Waals surface area contributed by atoms with Crippen LogP contribution in [0.4, 0.5) is 27.7 Å². The van der Waals surface area contributed by atoms with Crippen molar-refractivity contribution in [2.45, 2.75) is 0 Å². The summed E-state index contributed by atoms with van der Waals surface area (Å²) in [4.78, 5) is 22.6. The van der Waals surface area contributed by atoms with Crippen LogP contribution >= 0.6 is 0 Å². The predicted molar refractivity (Wildman–Crippen MR) is 100 cm³/mol. The number of nitrogens with one attached hydrogen (secondary N) is 2. The van der Waals surface area contributed by atoms with Crippen LogP contribution in [0.3, 0.4) is 0 Å².